The Morgan fingerprint density at radius 1 is 1.50 bits per heavy atom. The van der Waals surface area contributed by atoms with Crippen LogP contribution in [0.5, 0.6) is 0 Å². The minimum Gasteiger partial charge on any atom is -0.374 e. The first-order chi connectivity index (χ1) is 6.76. The number of hydrogen-bond acceptors (Lipinski definition) is 2. The summed E-state index contributed by atoms with van der Waals surface area (Å²) in [6.45, 7) is 4.72. The maximum absolute atomic E-state index is 10.5. The van der Waals surface area contributed by atoms with Crippen LogP contribution < -0.4 is 0 Å². The lowest BCUT2D eigenvalue weighted by molar-refractivity contribution is 0.0508. The molecule has 1 atom stereocenters. The number of aldehydes is 1. The third-order valence-corrected chi connectivity index (χ3v) is 2.20. The zero-order valence-electron chi connectivity index (χ0n) is 8.69. The van der Waals surface area contributed by atoms with Gasteiger partial charge in [0.2, 0.25) is 0 Å². The molecule has 2 nitrogen and oxygen atoms in total. The van der Waals surface area contributed by atoms with Gasteiger partial charge in [-0.1, -0.05) is 25.1 Å². The van der Waals surface area contributed by atoms with Gasteiger partial charge in [0.15, 0.2) is 0 Å². The molecule has 0 aliphatic carbocycles. The van der Waals surface area contributed by atoms with Crippen molar-refractivity contribution in [2.75, 3.05) is 0 Å². The molecule has 0 saturated heterocycles. The lowest BCUT2D eigenvalue weighted by atomic mass is 10.1. The third-order valence-electron chi connectivity index (χ3n) is 2.20. The van der Waals surface area contributed by atoms with Crippen molar-refractivity contribution >= 4 is 6.29 Å². The molecule has 1 rings (SSSR count). The van der Waals surface area contributed by atoms with Gasteiger partial charge >= 0.3 is 0 Å². The minimum absolute atomic E-state index is 0.273. The molecule has 0 heterocycles. The average molecular weight is 192 g/mol. The zero-order chi connectivity index (χ0) is 10.4. The van der Waals surface area contributed by atoms with Gasteiger partial charge in [-0.15, -0.1) is 0 Å². The molecular weight excluding hydrogens is 176 g/mol. The van der Waals surface area contributed by atoms with Crippen LogP contribution in [0, 0.1) is 0 Å². The molecule has 0 aromatic heterocycles. The van der Waals surface area contributed by atoms with Crippen molar-refractivity contribution in [1.82, 2.24) is 0 Å². The van der Waals surface area contributed by atoms with Crippen LogP contribution in [0.2, 0.25) is 0 Å². The fourth-order valence-corrected chi connectivity index (χ4v) is 1.11. The molecule has 14 heavy (non-hydrogen) atoms. The van der Waals surface area contributed by atoms with E-state index in [1.54, 1.807) is 6.07 Å². The van der Waals surface area contributed by atoms with Gasteiger partial charge < -0.3 is 4.74 Å². The third kappa shape index (κ3) is 3.30. The van der Waals surface area contributed by atoms with E-state index >= 15 is 0 Å². The Hall–Kier alpha value is -1.15. The van der Waals surface area contributed by atoms with Gasteiger partial charge in [0.25, 0.3) is 0 Å². The summed E-state index contributed by atoms with van der Waals surface area (Å²) in [5, 5.41) is 0. The Kier molecular flexibility index (Phi) is 4.33. The summed E-state index contributed by atoms with van der Waals surface area (Å²) >= 11 is 0. The first-order valence-corrected chi connectivity index (χ1v) is 4.92. The van der Waals surface area contributed by atoms with E-state index in [1.807, 2.05) is 25.1 Å². The van der Waals surface area contributed by atoms with Crippen LogP contribution in [0.1, 0.15) is 36.2 Å². The fraction of sp³-hybridized carbons (Fsp3) is 0.417. The predicted octanol–water partition coefficient (Wildman–Crippen LogP) is 2.81. The lowest BCUT2D eigenvalue weighted by Gasteiger charge is -2.10. The quantitative estimate of drug-likeness (QED) is 0.670. The maximum atomic E-state index is 10.5. The summed E-state index contributed by atoms with van der Waals surface area (Å²) < 4.78 is 5.56. The molecule has 1 aromatic rings. The van der Waals surface area contributed by atoms with Gasteiger partial charge in [-0.3, -0.25) is 4.79 Å². The first kappa shape index (κ1) is 10.9. The molecular formula is C12H16O2. The van der Waals surface area contributed by atoms with E-state index in [2.05, 4.69) is 6.92 Å². The van der Waals surface area contributed by atoms with E-state index in [-0.39, 0.29) is 6.10 Å². The highest BCUT2D eigenvalue weighted by Gasteiger charge is 1.99. The Bertz CT molecular complexity index is 294. The topological polar surface area (TPSA) is 26.3 Å². The smallest absolute Gasteiger partial charge is 0.150 e. The molecule has 0 amide bonds. The van der Waals surface area contributed by atoms with E-state index in [0.29, 0.717) is 12.2 Å². The fourth-order valence-electron chi connectivity index (χ4n) is 1.11. The largest absolute Gasteiger partial charge is 0.374 e. The van der Waals surface area contributed by atoms with Crippen LogP contribution in [0.4, 0.5) is 0 Å². The summed E-state index contributed by atoms with van der Waals surface area (Å²) in [5.74, 6) is 0. The van der Waals surface area contributed by atoms with Gasteiger partial charge in [-0.25, -0.2) is 0 Å². The van der Waals surface area contributed by atoms with Crippen molar-refractivity contribution in [3.8, 4) is 0 Å². The SMILES string of the molecule is CCC(C)OCc1cccc(C=O)c1. The molecule has 0 spiro atoms. The normalized spacial score (nSPS) is 12.4. The summed E-state index contributed by atoms with van der Waals surface area (Å²) in [6.07, 6.45) is 2.13. The Labute approximate surface area is 84.9 Å². The molecule has 0 radical (unpaired) electrons. The second-order valence-electron chi connectivity index (χ2n) is 3.39. The molecule has 0 aliphatic rings. The van der Waals surface area contributed by atoms with Crippen LogP contribution in [0.3, 0.4) is 0 Å². The van der Waals surface area contributed by atoms with Gasteiger partial charge in [0.1, 0.15) is 6.29 Å². The van der Waals surface area contributed by atoms with Crippen molar-refractivity contribution in [2.24, 2.45) is 0 Å². The summed E-state index contributed by atoms with van der Waals surface area (Å²) in [5.41, 5.74) is 1.75. The van der Waals surface area contributed by atoms with Crippen LogP contribution in [0.25, 0.3) is 0 Å². The van der Waals surface area contributed by atoms with Gasteiger partial charge in [-0.2, -0.15) is 0 Å². The Balaban J connectivity index is 2.54. The van der Waals surface area contributed by atoms with Gasteiger partial charge in [0, 0.05) is 5.56 Å². The van der Waals surface area contributed by atoms with Crippen LogP contribution >= 0.6 is 0 Å². The van der Waals surface area contributed by atoms with Gasteiger partial charge in [-0.05, 0) is 25.0 Å². The molecule has 2 heteroatoms. The summed E-state index contributed by atoms with van der Waals surface area (Å²) in [4.78, 5) is 10.5. The minimum atomic E-state index is 0.273. The summed E-state index contributed by atoms with van der Waals surface area (Å²) in [6, 6.07) is 7.49. The van der Waals surface area contributed by atoms with Crippen LogP contribution in [0.15, 0.2) is 24.3 Å². The number of carbonyl (C=O) groups is 1. The van der Waals surface area contributed by atoms with E-state index in [9.17, 15) is 4.79 Å². The van der Waals surface area contributed by atoms with E-state index in [4.69, 9.17) is 4.74 Å². The van der Waals surface area contributed by atoms with Crippen LogP contribution in [-0.2, 0) is 11.3 Å². The Morgan fingerprint density at radius 3 is 2.93 bits per heavy atom. The van der Waals surface area contributed by atoms with Crippen molar-refractivity contribution in [2.45, 2.75) is 33.0 Å². The van der Waals surface area contributed by atoms with Crippen molar-refractivity contribution in [1.29, 1.82) is 0 Å². The standard InChI is InChI=1S/C12H16O2/c1-3-10(2)14-9-12-6-4-5-11(7-12)8-13/h4-8,10H,3,9H2,1-2H3. The summed E-state index contributed by atoms with van der Waals surface area (Å²) in [7, 11) is 0. The van der Waals surface area contributed by atoms with E-state index in [0.717, 1.165) is 18.3 Å². The first-order valence-electron chi connectivity index (χ1n) is 4.92. The number of carbonyl (C=O) groups excluding carboxylic acids is 1. The van der Waals surface area contributed by atoms with Crippen LogP contribution in [-0.4, -0.2) is 12.4 Å². The monoisotopic (exact) mass is 192 g/mol. The van der Waals surface area contributed by atoms with Crippen molar-refractivity contribution in [3.05, 3.63) is 35.4 Å². The number of benzene rings is 1. The molecule has 0 saturated carbocycles. The number of hydrogen-bond donors (Lipinski definition) is 0. The highest BCUT2D eigenvalue weighted by Crippen LogP contribution is 2.07. The zero-order valence-corrected chi connectivity index (χ0v) is 8.69. The average Bonchev–Trinajstić information content (AvgIpc) is 2.26. The number of ether oxygens (including phenoxy) is 1. The lowest BCUT2D eigenvalue weighted by Crippen LogP contribution is -2.06. The molecule has 0 fully saturated rings. The Morgan fingerprint density at radius 2 is 2.29 bits per heavy atom. The second kappa shape index (κ2) is 5.55. The highest BCUT2D eigenvalue weighted by atomic mass is 16.5. The molecule has 76 valence electrons. The van der Waals surface area contributed by atoms with E-state index < -0.39 is 0 Å². The van der Waals surface area contributed by atoms with Gasteiger partial charge in [0.05, 0.1) is 12.7 Å². The molecule has 1 aromatic carbocycles. The molecule has 1 unspecified atom stereocenters. The highest BCUT2D eigenvalue weighted by molar-refractivity contribution is 5.74. The van der Waals surface area contributed by atoms with Crippen molar-refractivity contribution in [3.63, 3.8) is 0 Å². The number of rotatable bonds is 5. The predicted molar refractivity (Wildman–Crippen MR) is 56.4 cm³/mol. The van der Waals surface area contributed by atoms with E-state index in [1.165, 1.54) is 0 Å². The molecule has 0 aliphatic heterocycles. The van der Waals surface area contributed by atoms with Crippen molar-refractivity contribution < 1.29 is 9.53 Å². The maximum Gasteiger partial charge on any atom is 0.150 e. The molecule has 0 bridgehead atoms. The molecule has 0 N–H and O–H groups in total. The second-order valence-corrected chi connectivity index (χ2v) is 3.39.